The highest BCUT2D eigenvalue weighted by Crippen LogP contribution is 2.36. The molecule has 9 nitrogen and oxygen atoms in total. The van der Waals surface area contributed by atoms with Crippen LogP contribution in [0.1, 0.15) is 12.5 Å². The Morgan fingerprint density at radius 3 is 2.79 bits per heavy atom. The number of nitrogens with zero attached hydrogens (tertiary/aromatic N) is 7. The highest BCUT2D eigenvalue weighted by Gasteiger charge is 2.39. The molecule has 0 spiro atoms. The number of hydrazone groups is 1. The summed E-state index contributed by atoms with van der Waals surface area (Å²) in [6.45, 7) is 1.59. The average Bonchev–Trinajstić information content (AvgIpc) is 3.01. The normalized spacial score (nSPS) is 17.2. The van der Waals surface area contributed by atoms with E-state index in [4.69, 9.17) is 4.74 Å². The van der Waals surface area contributed by atoms with E-state index < -0.39 is 17.6 Å². The lowest BCUT2D eigenvalue weighted by atomic mass is 10.3. The molecule has 2 aliphatic rings. The largest absolute Gasteiger partial charge is 0.481 e. The summed E-state index contributed by atoms with van der Waals surface area (Å²) in [6.07, 6.45) is 0.216. The van der Waals surface area contributed by atoms with Crippen molar-refractivity contribution in [3.8, 4) is 0 Å². The molecule has 0 amide bonds. The minimum atomic E-state index is -4.64. The van der Waals surface area contributed by atoms with E-state index in [0.29, 0.717) is 5.71 Å². The van der Waals surface area contributed by atoms with Gasteiger partial charge in [-0.1, -0.05) is 0 Å². The first-order chi connectivity index (χ1) is 11.4. The predicted molar refractivity (Wildman–Crippen MR) is 78.4 cm³/mol. The van der Waals surface area contributed by atoms with Gasteiger partial charge in [0.05, 0.1) is 18.4 Å². The molecule has 0 unspecified atom stereocenters. The fraction of sp³-hybridized carbons (Fsp3) is 0.250. The van der Waals surface area contributed by atoms with Crippen LogP contribution in [-0.2, 0) is 10.9 Å². The topological polar surface area (TPSA) is 93.5 Å². The minimum Gasteiger partial charge on any atom is -0.481 e. The van der Waals surface area contributed by atoms with Crippen LogP contribution in [0.3, 0.4) is 0 Å². The van der Waals surface area contributed by atoms with Crippen molar-refractivity contribution >= 4 is 23.4 Å². The van der Waals surface area contributed by atoms with Gasteiger partial charge in [-0.3, -0.25) is 0 Å². The molecule has 1 aromatic rings. The van der Waals surface area contributed by atoms with Gasteiger partial charge >= 0.3 is 11.4 Å². The van der Waals surface area contributed by atoms with Gasteiger partial charge in [-0.05, 0) is 6.92 Å². The van der Waals surface area contributed by atoms with Crippen molar-refractivity contribution in [1.82, 2.24) is 20.4 Å². The second kappa shape index (κ2) is 5.79. The molecule has 0 aliphatic carbocycles. The van der Waals surface area contributed by atoms with Gasteiger partial charge < -0.3 is 4.74 Å². The maximum Gasteiger partial charge on any atom is 0.421 e. The zero-order valence-corrected chi connectivity index (χ0v) is 12.5. The first-order valence-corrected chi connectivity index (χ1v) is 6.57. The molecule has 24 heavy (non-hydrogen) atoms. The third kappa shape index (κ3) is 2.85. The van der Waals surface area contributed by atoms with Gasteiger partial charge in [-0.25, -0.2) is 10.1 Å². The van der Waals surface area contributed by atoms with Gasteiger partial charge in [0.2, 0.25) is 11.7 Å². The lowest BCUT2D eigenvalue weighted by molar-refractivity contribution is -0.137. The summed E-state index contributed by atoms with van der Waals surface area (Å²) in [5, 5.41) is 19.3. The van der Waals surface area contributed by atoms with Crippen molar-refractivity contribution in [2.24, 2.45) is 15.3 Å². The first-order valence-electron chi connectivity index (χ1n) is 6.57. The predicted octanol–water partition coefficient (Wildman–Crippen LogP) is 1.68. The quantitative estimate of drug-likeness (QED) is 0.906. The number of anilines is 1. The van der Waals surface area contributed by atoms with E-state index in [0.717, 1.165) is 16.0 Å². The van der Waals surface area contributed by atoms with Gasteiger partial charge in [-0.15, -0.1) is 5.10 Å². The van der Waals surface area contributed by atoms with Gasteiger partial charge in [0.15, 0.2) is 0 Å². The SMILES string of the molecule is COC1=CC=NN(c2nn(C3=CN=[N+]N=C3C)cc2C(F)(F)F)N1. The number of hydrazine groups is 1. The average molecular weight is 340 g/mol. The van der Waals surface area contributed by atoms with Crippen molar-refractivity contribution < 1.29 is 17.9 Å². The van der Waals surface area contributed by atoms with E-state index in [-0.39, 0.29) is 11.6 Å². The van der Waals surface area contributed by atoms with E-state index in [1.165, 1.54) is 25.6 Å². The fourth-order valence-electron chi connectivity index (χ4n) is 1.95. The molecule has 0 saturated carbocycles. The third-order valence-electron chi connectivity index (χ3n) is 3.09. The van der Waals surface area contributed by atoms with Gasteiger partial charge in [0, 0.05) is 12.3 Å². The first kappa shape index (κ1) is 15.7. The highest BCUT2D eigenvalue weighted by atomic mass is 19.4. The summed E-state index contributed by atoms with van der Waals surface area (Å²) in [6, 6.07) is 0. The van der Waals surface area contributed by atoms with E-state index in [2.05, 4.69) is 31.1 Å². The zero-order valence-electron chi connectivity index (χ0n) is 12.5. The Kier molecular flexibility index (Phi) is 3.79. The number of nitrogens with one attached hydrogen (secondary N) is 1. The summed E-state index contributed by atoms with van der Waals surface area (Å²) in [5.41, 5.74) is 2.22. The maximum atomic E-state index is 13.4. The van der Waals surface area contributed by atoms with E-state index in [1.54, 1.807) is 6.92 Å². The summed E-state index contributed by atoms with van der Waals surface area (Å²) in [7, 11) is 1.37. The summed E-state index contributed by atoms with van der Waals surface area (Å²) in [5.74, 6) is -0.228. The van der Waals surface area contributed by atoms with Crippen molar-refractivity contribution in [2.75, 3.05) is 12.2 Å². The van der Waals surface area contributed by atoms with Crippen molar-refractivity contribution in [3.63, 3.8) is 0 Å². The van der Waals surface area contributed by atoms with Gasteiger partial charge in [-0.2, -0.15) is 23.4 Å². The van der Waals surface area contributed by atoms with Crippen LogP contribution in [0.2, 0.25) is 0 Å². The minimum absolute atomic E-state index is 0.219. The van der Waals surface area contributed by atoms with Crippen molar-refractivity contribution in [2.45, 2.75) is 13.1 Å². The van der Waals surface area contributed by atoms with Crippen LogP contribution in [0.5, 0.6) is 0 Å². The number of halogens is 3. The Labute approximate surface area is 133 Å². The van der Waals surface area contributed by atoms with Crippen LogP contribution in [-0.4, -0.2) is 28.8 Å². The molecule has 3 rings (SSSR count). The fourth-order valence-corrected chi connectivity index (χ4v) is 1.95. The standard InChI is InChI=1S/C12H11F3N8O/c1-7-9(5-16-21-18-7)22-6-8(12(13,14)15)11(20-22)23-17-4-3-10(19-23)24-2/h3-6,19H,1-2H3/q+1. The Hall–Kier alpha value is -3.18. The molecular formula is C12H11F3N8O+. The van der Waals surface area contributed by atoms with Crippen LogP contribution < -0.4 is 15.8 Å². The molecular weight excluding hydrogens is 329 g/mol. The Bertz CT molecular complexity index is 802. The summed E-state index contributed by atoms with van der Waals surface area (Å²) >= 11 is 0. The number of hydrogen-bond acceptors (Lipinski definition) is 8. The number of methoxy groups -OCH3 is 1. The van der Waals surface area contributed by atoms with Gasteiger partial charge in [0.1, 0.15) is 28.3 Å². The zero-order chi connectivity index (χ0) is 17.3. The molecule has 1 aromatic heterocycles. The van der Waals surface area contributed by atoms with Crippen LogP contribution >= 0.6 is 0 Å². The number of rotatable bonds is 3. The van der Waals surface area contributed by atoms with Gasteiger partial charge in [0.25, 0.3) is 0 Å². The van der Waals surface area contributed by atoms with E-state index in [1.807, 2.05) is 0 Å². The molecule has 0 aromatic carbocycles. The van der Waals surface area contributed by atoms with Crippen molar-refractivity contribution in [1.29, 1.82) is 0 Å². The van der Waals surface area contributed by atoms with Crippen LogP contribution in [0.15, 0.2) is 39.7 Å². The van der Waals surface area contributed by atoms with Crippen LogP contribution in [0.4, 0.5) is 19.0 Å². The van der Waals surface area contributed by atoms with E-state index in [9.17, 15) is 13.2 Å². The Morgan fingerprint density at radius 2 is 2.12 bits per heavy atom. The molecule has 12 heteroatoms. The number of allylic oxidation sites excluding steroid dienone is 2. The second-order valence-corrected chi connectivity index (χ2v) is 4.64. The molecule has 125 valence electrons. The number of aromatic nitrogens is 2. The molecule has 3 heterocycles. The number of hydrogen-bond donors (Lipinski definition) is 1. The smallest absolute Gasteiger partial charge is 0.421 e. The van der Waals surface area contributed by atoms with Crippen LogP contribution in [0.25, 0.3) is 5.70 Å². The number of ether oxygens (including phenoxy) is 1. The van der Waals surface area contributed by atoms with Crippen molar-refractivity contribution in [3.05, 3.63) is 29.9 Å². The summed E-state index contributed by atoms with van der Waals surface area (Å²) in [4.78, 5) is 0. The maximum absolute atomic E-state index is 13.4. The molecule has 0 bridgehead atoms. The van der Waals surface area contributed by atoms with E-state index >= 15 is 0 Å². The third-order valence-corrected chi connectivity index (χ3v) is 3.09. The molecule has 0 fully saturated rings. The molecule has 0 atom stereocenters. The molecule has 1 radical (unpaired) electrons. The lowest BCUT2D eigenvalue weighted by Crippen LogP contribution is -2.37. The van der Waals surface area contributed by atoms with Crippen LogP contribution in [0, 0.1) is 0 Å². The number of alkyl halides is 3. The Balaban J connectivity index is 2.04. The molecule has 1 N–H and O–H groups in total. The summed E-state index contributed by atoms with van der Waals surface area (Å²) < 4.78 is 46.1. The highest BCUT2D eigenvalue weighted by molar-refractivity contribution is 6.17. The molecule has 0 saturated heterocycles. The monoisotopic (exact) mass is 340 g/mol. The molecule has 2 aliphatic heterocycles. The lowest BCUT2D eigenvalue weighted by Gasteiger charge is -2.23. The second-order valence-electron chi connectivity index (χ2n) is 4.64. The Morgan fingerprint density at radius 1 is 1.33 bits per heavy atom.